The van der Waals surface area contributed by atoms with Crippen LogP contribution in [-0.2, 0) is 14.4 Å². The third-order valence-electron chi connectivity index (χ3n) is 8.04. The second-order valence-corrected chi connectivity index (χ2v) is 10.8. The van der Waals surface area contributed by atoms with Crippen molar-refractivity contribution in [2.45, 2.75) is 161 Å². The predicted molar refractivity (Wildman–Crippen MR) is 154 cm³/mol. The fourth-order valence-electron chi connectivity index (χ4n) is 6.10. The van der Waals surface area contributed by atoms with Gasteiger partial charge in [-0.3, -0.25) is 4.48 Å². The van der Waals surface area contributed by atoms with Crippen LogP contribution in [0, 0.1) is 0 Å². The standard InChI is InChI=1S/C31H57NO6/c1-5-9-10-11-12-13-14-15-16-17-18-19-20-21-22-23-24-25-32(26(6-2)29(33)34,27(7-3)30(35)36)28(8-4)31(37)38/h10-11,26-28H,5-9,12-25H2,1-4H3,(H2-,33,34,35,36,37,38)/p+1/b11-10+. The highest BCUT2D eigenvalue weighted by Crippen LogP contribution is 2.32. The third-order valence-corrected chi connectivity index (χ3v) is 8.04. The molecule has 0 aromatic heterocycles. The van der Waals surface area contributed by atoms with E-state index in [9.17, 15) is 29.7 Å². The molecule has 3 atom stereocenters. The Kier molecular flexibility index (Phi) is 20.9. The first-order chi connectivity index (χ1) is 18.2. The average Bonchev–Trinajstić information content (AvgIpc) is 2.86. The van der Waals surface area contributed by atoms with Crippen LogP contribution in [0.3, 0.4) is 0 Å². The summed E-state index contributed by atoms with van der Waals surface area (Å²) in [6.07, 6.45) is 22.6. The Bertz CT molecular complexity index is 622. The van der Waals surface area contributed by atoms with Crippen LogP contribution in [0.15, 0.2) is 12.2 Å². The zero-order chi connectivity index (χ0) is 28.8. The zero-order valence-electron chi connectivity index (χ0n) is 24.8. The summed E-state index contributed by atoms with van der Waals surface area (Å²) in [5, 5.41) is 30.0. The Labute approximate surface area is 232 Å². The van der Waals surface area contributed by atoms with Gasteiger partial charge in [0.05, 0.1) is 6.54 Å². The van der Waals surface area contributed by atoms with Gasteiger partial charge in [-0.25, -0.2) is 14.4 Å². The molecule has 7 nitrogen and oxygen atoms in total. The molecule has 0 aliphatic heterocycles. The van der Waals surface area contributed by atoms with Crippen LogP contribution in [0.25, 0.3) is 0 Å². The van der Waals surface area contributed by atoms with E-state index in [0.29, 0.717) is 6.42 Å². The lowest BCUT2D eigenvalue weighted by atomic mass is 9.93. The average molecular weight is 541 g/mol. The predicted octanol–water partition coefficient (Wildman–Crippen LogP) is 7.82. The number of carbonyl (C=O) groups is 3. The molecule has 0 fully saturated rings. The summed E-state index contributed by atoms with van der Waals surface area (Å²) in [6, 6.07) is -3.18. The van der Waals surface area contributed by atoms with Gasteiger partial charge in [-0.15, -0.1) is 0 Å². The monoisotopic (exact) mass is 540 g/mol. The first-order valence-electron chi connectivity index (χ1n) is 15.4. The molecule has 0 aromatic rings. The maximum atomic E-state index is 12.2. The minimum Gasteiger partial charge on any atom is -0.477 e. The van der Waals surface area contributed by atoms with Gasteiger partial charge in [0.15, 0.2) is 18.1 Å². The second kappa shape index (κ2) is 22.0. The maximum absolute atomic E-state index is 12.2. The zero-order valence-corrected chi connectivity index (χ0v) is 24.8. The Hall–Kier alpha value is -1.89. The van der Waals surface area contributed by atoms with Gasteiger partial charge < -0.3 is 15.3 Å². The Morgan fingerprint density at radius 3 is 1.16 bits per heavy atom. The van der Waals surface area contributed by atoms with Crippen LogP contribution >= 0.6 is 0 Å². The van der Waals surface area contributed by atoms with E-state index in [1.165, 1.54) is 70.6 Å². The number of quaternary nitrogens is 1. The van der Waals surface area contributed by atoms with E-state index in [0.717, 1.165) is 19.3 Å². The number of allylic oxidation sites excluding steroid dienone is 2. The molecular weight excluding hydrogens is 482 g/mol. The van der Waals surface area contributed by atoms with Crippen molar-refractivity contribution in [3.8, 4) is 0 Å². The molecule has 222 valence electrons. The van der Waals surface area contributed by atoms with Crippen molar-refractivity contribution in [2.24, 2.45) is 0 Å². The van der Waals surface area contributed by atoms with Crippen LogP contribution in [0.1, 0.15) is 143 Å². The Morgan fingerprint density at radius 2 is 0.842 bits per heavy atom. The van der Waals surface area contributed by atoms with E-state index < -0.39 is 40.5 Å². The van der Waals surface area contributed by atoms with Crippen molar-refractivity contribution in [2.75, 3.05) is 6.54 Å². The third kappa shape index (κ3) is 12.8. The highest BCUT2D eigenvalue weighted by Gasteiger charge is 2.55. The summed E-state index contributed by atoms with van der Waals surface area (Å²) in [5.41, 5.74) is 0. The van der Waals surface area contributed by atoms with Gasteiger partial charge in [0.25, 0.3) is 0 Å². The maximum Gasteiger partial charge on any atom is 0.362 e. The summed E-state index contributed by atoms with van der Waals surface area (Å²) < 4.78 is -0.404. The first-order valence-corrected chi connectivity index (χ1v) is 15.4. The number of hydrogen-bond acceptors (Lipinski definition) is 3. The molecule has 0 saturated carbocycles. The number of rotatable bonds is 26. The molecule has 0 aromatic carbocycles. The SMILES string of the molecule is CCC/C=C/CCCCCCCCCCCCCC[N+](C(CC)C(=O)O)(C(CC)C(=O)O)C(CC)C(=O)O. The lowest BCUT2D eigenvalue weighted by Gasteiger charge is -2.49. The van der Waals surface area contributed by atoms with E-state index in [1.54, 1.807) is 20.8 Å². The molecule has 0 radical (unpaired) electrons. The molecule has 0 spiro atoms. The first kappa shape index (κ1) is 36.1. The van der Waals surface area contributed by atoms with Crippen LogP contribution < -0.4 is 0 Å². The van der Waals surface area contributed by atoms with Crippen molar-refractivity contribution in [1.29, 1.82) is 0 Å². The molecular formula is C31H58NO6+. The molecule has 0 aliphatic carbocycles. The summed E-state index contributed by atoms with van der Waals surface area (Å²) >= 11 is 0. The molecule has 0 heterocycles. The van der Waals surface area contributed by atoms with E-state index in [-0.39, 0.29) is 25.8 Å². The minimum absolute atomic E-state index is 0.193. The quantitative estimate of drug-likeness (QED) is 0.0586. The molecule has 3 unspecified atom stereocenters. The van der Waals surface area contributed by atoms with E-state index >= 15 is 0 Å². The summed E-state index contributed by atoms with van der Waals surface area (Å²) in [6.45, 7) is 7.59. The van der Waals surface area contributed by atoms with Gasteiger partial charge in [0, 0.05) is 19.3 Å². The van der Waals surface area contributed by atoms with E-state index in [4.69, 9.17) is 0 Å². The van der Waals surface area contributed by atoms with E-state index in [2.05, 4.69) is 19.1 Å². The number of nitrogens with zero attached hydrogens (tertiary/aromatic N) is 1. The van der Waals surface area contributed by atoms with Gasteiger partial charge in [-0.1, -0.05) is 104 Å². The van der Waals surface area contributed by atoms with Gasteiger partial charge in [-0.2, -0.15) is 0 Å². The summed E-state index contributed by atoms with van der Waals surface area (Å²) in [4.78, 5) is 36.7. The van der Waals surface area contributed by atoms with Gasteiger partial charge in [-0.05, 0) is 32.1 Å². The molecule has 0 aliphatic rings. The Morgan fingerprint density at radius 1 is 0.526 bits per heavy atom. The number of carboxylic acids is 3. The normalized spacial score (nSPS) is 15.7. The van der Waals surface area contributed by atoms with Crippen molar-refractivity contribution >= 4 is 17.9 Å². The van der Waals surface area contributed by atoms with Crippen molar-refractivity contribution in [1.82, 2.24) is 0 Å². The smallest absolute Gasteiger partial charge is 0.362 e. The lowest BCUT2D eigenvalue weighted by molar-refractivity contribution is -0.973. The highest BCUT2D eigenvalue weighted by molar-refractivity contribution is 5.78. The van der Waals surface area contributed by atoms with Crippen molar-refractivity contribution in [3.05, 3.63) is 12.2 Å². The van der Waals surface area contributed by atoms with Crippen molar-refractivity contribution in [3.63, 3.8) is 0 Å². The van der Waals surface area contributed by atoms with Gasteiger partial charge in [0.1, 0.15) is 0 Å². The largest absolute Gasteiger partial charge is 0.477 e. The van der Waals surface area contributed by atoms with Crippen LogP contribution in [0.4, 0.5) is 0 Å². The van der Waals surface area contributed by atoms with Gasteiger partial charge in [0.2, 0.25) is 0 Å². The molecule has 0 saturated heterocycles. The fraction of sp³-hybridized carbons (Fsp3) is 0.839. The molecule has 7 heteroatoms. The van der Waals surface area contributed by atoms with Crippen LogP contribution in [0.2, 0.25) is 0 Å². The van der Waals surface area contributed by atoms with Gasteiger partial charge >= 0.3 is 17.9 Å². The minimum atomic E-state index is -1.12. The molecule has 0 rings (SSSR count). The van der Waals surface area contributed by atoms with E-state index in [1.807, 2.05) is 0 Å². The van der Waals surface area contributed by atoms with Crippen LogP contribution in [0.5, 0.6) is 0 Å². The van der Waals surface area contributed by atoms with Crippen LogP contribution in [-0.4, -0.2) is 62.4 Å². The second-order valence-electron chi connectivity index (χ2n) is 10.8. The summed E-state index contributed by atoms with van der Waals surface area (Å²) in [5.74, 6) is -3.35. The molecule has 0 amide bonds. The van der Waals surface area contributed by atoms with Crippen molar-refractivity contribution < 1.29 is 34.2 Å². The lowest BCUT2D eigenvalue weighted by Crippen LogP contribution is -2.72. The summed E-state index contributed by atoms with van der Waals surface area (Å²) in [7, 11) is 0. The highest BCUT2D eigenvalue weighted by atomic mass is 16.4. The number of carboxylic acid groups (broad SMARTS) is 3. The topological polar surface area (TPSA) is 112 Å². The fourth-order valence-corrected chi connectivity index (χ4v) is 6.10. The molecule has 0 bridgehead atoms. The number of aliphatic carboxylic acids is 3. The Balaban J connectivity index is 4.64. The molecule has 38 heavy (non-hydrogen) atoms. The number of hydrogen-bond donors (Lipinski definition) is 3. The molecule has 3 N–H and O–H groups in total. The number of unbranched alkanes of at least 4 members (excludes halogenated alkanes) is 13.